The van der Waals surface area contributed by atoms with E-state index in [2.05, 4.69) is 45.5 Å². The first-order valence-corrected chi connectivity index (χ1v) is 13.3. The van der Waals surface area contributed by atoms with Crippen LogP contribution >= 0.6 is 0 Å². The molecule has 3 aliphatic heterocycles. The molecule has 2 amide bonds. The summed E-state index contributed by atoms with van der Waals surface area (Å²) in [4.78, 5) is 45.2. The van der Waals surface area contributed by atoms with Crippen molar-refractivity contribution in [2.75, 3.05) is 26.7 Å². The highest BCUT2D eigenvalue weighted by atomic mass is 16.5. The maximum absolute atomic E-state index is 13.3. The summed E-state index contributed by atoms with van der Waals surface area (Å²) in [5.74, 6) is 0.389. The van der Waals surface area contributed by atoms with E-state index in [9.17, 15) is 14.4 Å². The molecular formula is C30H32N4O4. The van der Waals surface area contributed by atoms with Crippen LogP contribution in [0, 0.1) is 0 Å². The molecule has 8 nitrogen and oxygen atoms in total. The molecule has 1 atom stereocenters. The molecule has 3 aromatic rings. The van der Waals surface area contributed by atoms with E-state index in [-0.39, 0.29) is 23.7 Å². The average molecular weight is 513 g/mol. The van der Waals surface area contributed by atoms with E-state index in [1.807, 2.05) is 18.5 Å². The Morgan fingerprint density at radius 3 is 2.84 bits per heavy atom. The fourth-order valence-electron chi connectivity index (χ4n) is 6.43. The van der Waals surface area contributed by atoms with Gasteiger partial charge in [0.2, 0.25) is 5.91 Å². The van der Waals surface area contributed by atoms with Crippen molar-refractivity contribution in [1.29, 1.82) is 0 Å². The van der Waals surface area contributed by atoms with E-state index in [0.29, 0.717) is 25.1 Å². The van der Waals surface area contributed by atoms with Gasteiger partial charge in [-0.15, -0.1) is 0 Å². The zero-order chi connectivity index (χ0) is 26.3. The molecule has 1 aromatic heterocycles. The fourth-order valence-corrected chi connectivity index (χ4v) is 6.43. The summed E-state index contributed by atoms with van der Waals surface area (Å²) in [5.41, 5.74) is 3.89. The number of benzene rings is 2. The van der Waals surface area contributed by atoms with Crippen LogP contribution in [-0.4, -0.2) is 65.7 Å². The van der Waals surface area contributed by atoms with Crippen molar-refractivity contribution in [3.05, 3.63) is 71.0 Å². The minimum absolute atomic E-state index is 0.0602. The lowest BCUT2D eigenvalue weighted by molar-refractivity contribution is -0.125. The number of rotatable bonds is 7. The van der Waals surface area contributed by atoms with Gasteiger partial charge >= 0.3 is 0 Å². The van der Waals surface area contributed by atoms with E-state index in [1.165, 1.54) is 21.9 Å². The fraction of sp³-hybridized carbons (Fsp3) is 0.400. The summed E-state index contributed by atoms with van der Waals surface area (Å²) in [6.07, 6.45) is 7.08. The van der Waals surface area contributed by atoms with Crippen LogP contribution in [0.15, 0.2) is 48.8 Å². The van der Waals surface area contributed by atoms with Crippen molar-refractivity contribution >= 4 is 28.9 Å². The summed E-state index contributed by atoms with van der Waals surface area (Å²) in [6, 6.07) is 11.8. The highest BCUT2D eigenvalue weighted by Crippen LogP contribution is 2.49. The minimum atomic E-state index is -0.677. The zero-order valence-electron chi connectivity index (χ0n) is 21.6. The van der Waals surface area contributed by atoms with Crippen LogP contribution in [0.25, 0.3) is 10.8 Å². The molecule has 1 saturated heterocycles. The monoisotopic (exact) mass is 512 g/mol. The number of fused-ring (bicyclic) bond motifs is 5. The van der Waals surface area contributed by atoms with Gasteiger partial charge < -0.3 is 19.7 Å². The number of carbonyl (C=O) groups excluding carboxylic acids is 3. The van der Waals surface area contributed by atoms with Crippen molar-refractivity contribution in [2.24, 2.45) is 0 Å². The van der Waals surface area contributed by atoms with Gasteiger partial charge in [-0.25, -0.2) is 0 Å². The predicted octanol–water partition coefficient (Wildman–Crippen LogP) is 3.21. The Morgan fingerprint density at radius 2 is 2.05 bits per heavy atom. The summed E-state index contributed by atoms with van der Waals surface area (Å²) in [5, 5.41) is 5.06. The first kappa shape index (κ1) is 24.6. The standard InChI is InChI=1S/C30H32N4O4/c1-31-28(36)26(6-3-15-35)34-18-24-22(29(34)37)7-8-25-27(24)38-19-30(25)10-13-33(14-11-30)17-21-5-2-4-20-9-12-32-16-23(20)21/h2,4-5,7-9,12,15-16,26H,3,6,10-11,13-14,17-19H2,1H3,(H,31,36). The molecule has 0 bridgehead atoms. The Kier molecular flexibility index (Phi) is 6.35. The molecule has 1 N–H and O–H groups in total. The van der Waals surface area contributed by atoms with Gasteiger partial charge in [0.15, 0.2) is 0 Å². The summed E-state index contributed by atoms with van der Waals surface area (Å²) >= 11 is 0. The molecule has 8 heteroatoms. The van der Waals surface area contributed by atoms with Crippen LogP contribution < -0.4 is 10.1 Å². The molecule has 38 heavy (non-hydrogen) atoms. The third kappa shape index (κ3) is 4.04. The number of pyridine rings is 1. The van der Waals surface area contributed by atoms with E-state index in [0.717, 1.165) is 50.1 Å². The molecule has 2 aromatic carbocycles. The molecule has 0 radical (unpaired) electrons. The second-order valence-corrected chi connectivity index (χ2v) is 10.6. The number of aromatic nitrogens is 1. The number of likely N-dealkylation sites (N-methyl/N-ethyl adjacent to an activating group) is 1. The summed E-state index contributed by atoms with van der Waals surface area (Å²) in [6.45, 7) is 3.76. The Morgan fingerprint density at radius 1 is 1.21 bits per heavy atom. The molecule has 1 spiro atoms. The quantitative estimate of drug-likeness (QED) is 0.489. The molecule has 0 saturated carbocycles. The molecular weight excluding hydrogens is 480 g/mol. The van der Waals surface area contributed by atoms with Gasteiger partial charge in [-0.2, -0.15) is 0 Å². The van der Waals surface area contributed by atoms with Crippen LogP contribution in [0.5, 0.6) is 5.75 Å². The number of hydrogen-bond donors (Lipinski definition) is 1. The predicted molar refractivity (Wildman–Crippen MR) is 143 cm³/mol. The maximum Gasteiger partial charge on any atom is 0.255 e. The molecule has 0 aliphatic carbocycles. The van der Waals surface area contributed by atoms with Gasteiger partial charge in [-0.1, -0.05) is 24.3 Å². The SMILES string of the molecule is CNC(=O)C(CCC=O)N1Cc2c(ccc3c2OCC32CCN(Cc3cccc4ccncc34)CC2)C1=O. The van der Waals surface area contributed by atoms with Gasteiger partial charge in [0.1, 0.15) is 18.1 Å². The number of piperidine rings is 1. The zero-order valence-corrected chi connectivity index (χ0v) is 21.6. The molecule has 196 valence electrons. The van der Waals surface area contributed by atoms with Crippen LogP contribution in [0.4, 0.5) is 0 Å². The van der Waals surface area contributed by atoms with E-state index < -0.39 is 6.04 Å². The molecule has 1 fully saturated rings. The van der Waals surface area contributed by atoms with Gasteiger partial charge in [0.05, 0.1) is 13.2 Å². The maximum atomic E-state index is 13.3. The molecule has 4 heterocycles. The Bertz CT molecular complexity index is 1410. The Hall–Kier alpha value is -3.78. The lowest BCUT2D eigenvalue weighted by atomic mass is 9.74. The van der Waals surface area contributed by atoms with Crippen LogP contribution in [0.1, 0.15) is 52.7 Å². The molecule has 1 unspecified atom stereocenters. The van der Waals surface area contributed by atoms with Crippen molar-refractivity contribution in [2.45, 2.75) is 50.2 Å². The number of ether oxygens (including phenoxy) is 1. The van der Waals surface area contributed by atoms with Crippen LogP contribution in [0.3, 0.4) is 0 Å². The largest absolute Gasteiger partial charge is 0.492 e. The van der Waals surface area contributed by atoms with Crippen LogP contribution in [-0.2, 0) is 28.1 Å². The summed E-state index contributed by atoms with van der Waals surface area (Å²) in [7, 11) is 1.55. The van der Waals surface area contributed by atoms with Gasteiger partial charge in [0, 0.05) is 59.9 Å². The van der Waals surface area contributed by atoms with E-state index >= 15 is 0 Å². The first-order valence-electron chi connectivity index (χ1n) is 13.3. The second-order valence-electron chi connectivity index (χ2n) is 10.6. The van der Waals surface area contributed by atoms with Crippen molar-refractivity contribution in [3.8, 4) is 5.75 Å². The summed E-state index contributed by atoms with van der Waals surface area (Å²) < 4.78 is 6.33. The van der Waals surface area contributed by atoms with E-state index in [4.69, 9.17) is 4.74 Å². The highest BCUT2D eigenvalue weighted by molar-refractivity contribution is 6.02. The number of carbonyl (C=O) groups is 3. The normalized spacial score (nSPS) is 18.8. The number of nitrogens with one attached hydrogen (secondary N) is 1. The lowest BCUT2D eigenvalue weighted by Crippen LogP contribution is -2.46. The van der Waals surface area contributed by atoms with Crippen molar-refractivity contribution in [1.82, 2.24) is 20.1 Å². The number of aldehydes is 1. The van der Waals surface area contributed by atoms with E-state index in [1.54, 1.807) is 11.9 Å². The molecule has 3 aliphatic rings. The van der Waals surface area contributed by atoms with Crippen molar-refractivity contribution in [3.63, 3.8) is 0 Å². The van der Waals surface area contributed by atoms with Gasteiger partial charge in [-0.3, -0.25) is 19.5 Å². The minimum Gasteiger partial charge on any atom is -0.492 e. The average Bonchev–Trinajstić information content (AvgIpc) is 3.48. The second kappa shape index (κ2) is 9.83. The number of amides is 2. The molecule has 6 rings (SSSR count). The third-order valence-corrected chi connectivity index (χ3v) is 8.61. The lowest BCUT2D eigenvalue weighted by Gasteiger charge is -2.38. The van der Waals surface area contributed by atoms with Crippen LogP contribution in [0.2, 0.25) is 0 Å². The third-order valence-electron chi connectivity index (χ3n) is 8.61. The Labute approximate surface area is 222 Å². The number of likely N-dealkylation sites (tertiary alicyclic amines) is 1. The van der Waals surface area contributed by atoms with Gasteiger partial charge in [-0.05, 0) is 55.4 Å². The highest BCUT2D eigenvalue weighted by Gasteiger charge is 2.47. The topological polar surface area (TPSA) is 91.8 Å². The Balaban J connectivity index is 1.20. The number of hydrogen-bond acceptors (Lipinski definition) is 6. The number of nitrogens with zero attached hydrogens (tertiary/aromatic N) is 3. The van der Waals surface area contributed by atoms with Crippen molar-refractivity contribution < 1.29 is 19.1 Å². The van der Waals surface area contributed by atoms with Gasteiger partial charge in [0.25, 0.3) is 5.91 Å². The smallest absolute Gasteiger partial charge is 0.255 e. The first-order chi connectivity index (χ1) is 18.5.